The molecule has 0 bridgehead atoms. The first-order valence-electron chi connectivity index (χ1n) is 11.6. The lowest BCUT2D eigenvalue weighted by Crippen LogP contribution is -2.35. The molecule has 0 spiro atoms. The van der Waals surface area contributed by atoms with Crippen LogP contribution in [-0.4, -0.2) is 44.8 Å². The van der Waals surface area contributed by atoms with Crippen LogP contribution >= 0.6 is 0 Å². The Hall–Kier alpha value is -2.84. The molecule has 0 aliphatic carbocycles. The third-order valence-electron chi connectivity index (χ3n) is 6.32. The van der Waals surface area contributed by atoms with Gasteiger partial charge in [-0.05, 0) is 57.9 Å². The number of hydrogen-bond acceptors (Lipinski definition) is 5. The largest absolute Gasteiger partial charge is 0.451 e. The molecule has 1 amide bonds. The predicted molar refractivity (Wildman–Crippen MR) is 132 cm³/mol. The molecule has 33 heavy (non-hydrogen) atoms. The van der Waals surface area contributed by atoms with E-state index in [4.69, 9.17) is 4.42 Å². The maximum atomic E-state index is 13.3. The number of benzene rings is 2. The van der Waals surface area contributed by atoms with Crippen molar-refractivity contribution in [3.05, 3.63) is 53.8 Å². The number of amides is 1. The number of nitrogens with one attached hydrogen (secondary N) is 1. The van der Waals surface area contributed by atoms with Crippen LogP contribution in [0.2, 0.25) is 0 Å². The molecule has 0 unspecified atom stereocenters. The normalized spacial score (nSPS) is 15.0. The number of para-hydroxylation sites is 1. The third kappa shape index (κ3) is 4.50. The average Bonchev–Trinajstić information content (AvgIpc) is 3.18. The number of hydrogen-bond donors (Lipinski definition) is 1. The van der Waals surface area contributed by atoms with Gasteiger partial charge in [0.05, 0.1) is 16.3 Å². The van der Waals surface area contributed by atoms with Gasteiger partial charge in [0.25, 0.3) is 5.91 Å². The Labute approximate surface area is 195 Å². The summed E-state index contributed by atoms with van der Waals surface area (Å²) >= 11 is 0. The van der Waals surface area contributed by atoms with Crippen molar-refractivity contribution in [1.29, 1.82) is 0 Å². The van der Waals surface area contributed by atoms with Crippen molar-refractivity contribution in [2.75, 3.05) is 36.4 Å². The van der Waals surface area contributed by atoms with Crippen molar-refractivity contribution in [3.8, 4) is 0 Å². The number of carbonyl (C=O) groups is 1. The maximum Gasteiger partial charge on any atom is 0.291 e. The Morgan fingerprint density at radius 1 is 1.06 bits per heavy atom. The van der Waals surface area contributed by atoms with Crippen LogP contribution in [0.25, 0.3) is 11.0 Å². The van der Waals surface area contributed by atoms with Crippen LogP contribution in [0.5, 0.6) is 0 Å². The molecule has 1 aromatic heterocycles. The first-order valence-corrected chi connectivity index (χ1v) is 13.0. The molecule has 1 fully saturated rings. The number of piperidine rings is 1. The lowest BCUT2D eigenvalue weighted by atomic mass is 10.1. The van der Waals surface area contributed by atoms with Crippen LogP contribution in [0.4, 0.5) is 11.4 Å². The van der Waals surface area contributed by atoms with Crippen LogP contribution < -0.4 is 10.2 Å². The number of sulfonamides is 1. The van der Waals surface area contributed by atoms with E-state index in [1.165, 1.54) is 4.31 Å². The van der Waals surface area contributed by atoms with E-state index in [0.717, 1.165) is 49.0 Å². The molecule has 4 rings (SSSR count). The molecule has 2 heterocycles. The maximum absolute atomic E-state index is 13.3. The van der Waals surface area contributed by atoms with Gasteiger partial charge >= 0.3 is 0 Å². The second-order valence-electron chi connectivity index (χ2n) is 8.32. The van der Waals surface area contributed by atoms with Crippen molar-refractivity contribution in [1.82, 2.24) is 4.31 Å². The van der Waals surface area contributed by atoms with Gasteiger partial charge < -0.3 is 14.6 Å². The smallest absolute Gasteiger partial charge is 0.291 e. The highest BCUT2D eigenvalue weighted by molar-refractivity contribution is 7.89. The van der Waals surface area contributed by atoms with Gasteiger partial charge in [-0.1, -0.05) is 24.6 Å². The predicted octanol–water partition coefficient (Wildman–Crippen LogP) is 5.01. The highest BCUT2D eigenvalue weighted by Crippen LogP contribution is 2.32. The fourth-order valence-electron chi connectivity index (χ4n) is 4.44. The Kier molecular flexibility index (Phi) is 6.76. The van der Waals surface area contributed by atoms with E-state index in [2.05, 4.69) is 10.2 Å². The summed E-state index contributed by atoms with van der Waals surface area (Å²) in [4.78, 5) is 15.5. The molecular formula is C25H31N3O4S. The summed E-state index contributed by atoms with van der Waals surface area (Å²) in [6.45, 7) is 8.40. The van der Waals surface area contributed by atoms with E-state index in [9.17, 15) is 13.2 Å². The van der Waals surface area contributed by atoms with Gasteiger partial charge in [0.1, 0.15) is 5.58 Å². The van der Waals surface area contributed by atoms with Crippen LogP contribution in [0.15, 0.2) is 51.8 Å². The zero-order chi connectivity index (χ0) is 23.6. The van der Waals surface area contributed by atoms with E-state index in [1.807, 2.05) is 45.0 Å². The van der Waals surface area contributed by atoms with Gasteiger partial charge in [-0.25, -0.2) is 8.42 Å². The number of anilines is 2. The molecule has 0 saturated carbocycles. The average molecular weight is 470 g/mol. The van der Waals surface area contributed by atoms with Crippen LogP contribution in [-0.2, 0) is 10.0 Å². The summed E-state index contributed by atoms with van der Waals surface area (Å²) in [5, 5.41) is 3.82. The molecule has 1 aliphatic rings. The van der Waals surface area contributed by atoms with Crippen molar-refractivity contribution < 1.29 is 17.6 Å². The molecule has 2 aromatic carbocycles. The van der Waals surface area contributed by atoms with E-state index >= 15 is 0 Å². The number of fused-ring (bicyclic) bond motifs is 1. The van der Waals surface area contributed by atoms with Gasteiger partial charge in [0, 0.05) is 37.1 Å². The monoisotopic (exact) mass is 469 g/mol. The van der Waals surface area contributed by atoms with Crippen LogP contribution in [0, 0.1) is 6.92 Å². The van der Waals surface area contributed by atoms with Crippen molar-refractivity contribution >= 4 is 38.3 Å². The van der Waals surface area contributed by atoms with Crippen LogP contribution in [0.3, 0.4) is 0 Å². The minimum absolute atomic E-state index is 0.192. The van der Waals surface area contributed by atoms with E-state index < -0.39 is 15.9 Å². The topological polar surface area (TPSA) is 82.9 Å². The van der Waals surface area contributed by atoms with Crippen molar-refractivity contribution in [2.24, 2.45) is 0 Å². The van der Waals surface area contributed by atoms with Crippen molar-refractivity contribution in [3.63, 3.8) is 0 Å². The fourth-order valence-corrected chi connectivity index (χ4v) is 5.98. The number of nitrogens with zero attached hydrogens (tertiary/aromatic N) is 2. The molecule has 176 valence electrons. The Balaban J connectivity index is 1.73. The Bertz CT molecular complexity index is 1260. The molecular weight excluding hydrogens is 438 g/mol. The quantitative estimate of drug-likeness (QED) is 0.526. The first-order chi connectivity index (χ1) is 15.9. The van der Waals surface area contributed by atoms with Gasteiger partial charge in [0.15, 0.2) is 5.76 Å². The minimum Gasteiger partial charge on any atom is -0.451 e. The van der Waals surface area contributed by atoms with E-state index in [1.54, 1.807) is 18.2 Å². The fraction of sp³-hybridized carbons (Fsp3) is 0.400. The lowest BCUT2D eigenvalue weighted by Gasteiger charge is -2.28. The third-order valence-corrected chi connectivity index (χ3v) is 8.22. The second kappa shape index (κ2) is 9.57. The summed E-state index contributed by atoms with van der Waals surface area (Å²) in [6, 6.07) is 12.5. The van der Waals surface area contributed by atoms with E-state index in [0.29, 0.717) is 24.4 Å². The summed E-state index contributed by atoms with van der Waals surface area (Å²) in [7, 11) is -3.63. The van der Waals surface area contributed by atoms with Gasteiger partial charge in [-0.2, -0.15) is 4.31 Å². The zero-order valence-electron chi connectivity index (χ0n) is 19.4. The molecule has 0 atom stereocenters. The number of carbonyl (C=O) groups excluding carboxylic acids is 1. The highest BCUT2D eigenvalue weighted by Gasteiger charge is 2.28. The molecule has 1 aliphatic heterocycles. The Morgan fingerprint density at radius 3 is 2.42 bits per heavy atom. The minimum atomic E-state index is -3.63. The molecule has 1 N–H and O–H groups in total. The SMILES string of the molecule is CCN(CC)c1ccc(S(=O)(=O)N2CCCCC2)cc1NC(=O)c1oc2ccccc2c1C. The zero-order valence-corrected chi connectivity index (χ0v) is 20.2. The van der Waals surface area contributed by atoms with Gasteiger partial charge in [-0.15, -0.1) is 0 Å². The van der Waals surface area contributed by atoms with Crippen molar-refractivity contribution in [2.45, 2.75) is 44.9 Å². The number of rotatable bonds is 7. The number of furan rings is 1. The molecule has 8 heteroatoms. The second-order valence-corrected chi connectivity index (χ2v) is 10.3. The molecule has 7 nitrogen and oxygen atoms in total. The highest BCUT2D eigenvalue weighted by atomic mass is 32.2. The van der Waals surface area contributed by atoms with Gasteiger partial charge in [0.2, 0.25) is 10.0 Å². The molecule has 0 radical (unpaired) electrons. The number of aryl methyl sites for hydroxylation is 1. The van der Waals surface area contributed by atoms with Crippen LogP contribution in [0.1, 0.15) is 49.2 Å². The lowest BCUT2D eigenvalue weighted by molar-refractivity contribution is 0.0998. The van der Waals surface area contributed by atoms with Gasteiger partial charge in [-0.3, -0.25) is 4.79 Å². The molecule has 3 aromatic rings. The summed E-state index contributed by atoms with van der Waals surface area (Å²) in [5.74, 6) is -0.171. The summed E-state index contributed by atoms with van der Waals surface area (Å²) < 4.78 is 33.9. The summed E-state index contributed by atoms with van der Waals surface area (Å²) in [5.41, 5.74) is 2.64. The standard InChI is InChI=1S/C25H31N3O4S/c1-4-27(5-2)22-14-13-19(33(30,31)28-15-9-6-10-16-28)17-21(22)26-25(29)24-18(3)20-11-7-8-12-23(20)32-24/h7-8,11-14,17H,4-6,9-10,15-16H2,1-3H3,(H,26,29). The van der Waals surface area contributed by atoms with E-state index in [-0.39, 0.29) is 10.7 Å². The first kappa shape index (κ1) is 23.3. The molecule has 1 saturated heterocycles. The summed E-state index contributed by atoms with van der Waals surface area (Å²) in [6.07, 6.45) is 2.78. The Morgan fingerprint density at radius 2 is 1.76 bits per heavy atom.